The summed E-state index contributed by atoms with van der Waals surface area (Å²) in [6.45, 7) is 5.13. The Kier molecular flexibility index (Phi) is 3.76. The number of hydrogen-bond donors (Lipinski definition) is 0. The fourth-order valence-electron chi connectivity index (χ4n) is 2.48. The molecular weight excluding hydrogens is 236 g/mol. The lowest BCUT2D eigenvalue weighted by atomic mass is 10.0. The molecule has 0 bridgehead atoms. The lowest BCUT2D eigenvalue weighted by molar-refractivity contribution is -0.117. The second-order valence-electron chi connectivity index (χ2n) is 5.25. The van der Waals surface area contributed by atoms with Gasteiger partial charge in [-0.3, -0.25) is 9.69 Å². The summed E-state index contributed by atoms with van der Waals surface area (Å²) >= 11 is 0. The second kappa shape index (κ2) is 5.14. The van der Waals surface area contributed by atoms with Crippen LogP contribution in [0.15, 0.2) is 18.2 Å². The Morgan fingerprint density at radius 3 is 2.78 bits per heavy atom. The molecule has 1 unspecified atom stereocenters. The third-order valence-electron chi connectivity index (χ3n) is 3.16. The minimum Gasteiger partial charge on any atom is -0.298 e. The van der Waals surface area contributed by atoms with E-state index in [0.29, 0.717) is 24.6 Å². The van der Waals surface area contributed by atoms with Gasteiger partial charge < -0.3 is 0 Å². The molecule has 0 saturated carbocycles. The lowest BCUT2D eigenvalue weighted by Gasteiger charge is -2.25. The predicted octanol–water partition coefficient (Wildman–Crippen LogP) is 2.94. The molecule has 0 N–H and O–H groups in total. The van der Waals surface area contributed by atoms with Gasteiger partial charge in [-0.2, -0.15) is 0 Å². The van der Waals surface area contributed by atoms with E-state index >= 15 is 0 Å². The topological polar surface area (TPSA) is 20.3 Å². The van der Waals surface area contributed by atoms with E-state index in [0.717, 1.165) is 12.1 Å². The molecule has 98 valence electrons. The number of carbonyl (C=O) groups is 1. The molecule has 1 fully saturated rings. The first kappa shape index (κ1) is 13.1. The molecule has 4 heteroatoms. The third-order valence-corrected chi connectivity index (χ3v) is 3.16. The number of halogens is 2. The molecular formula is C14H17F2NO. The number of nitrogens with zero attached hydrogens (tertiary/aromatic N) is 1. The number of ketones is 1. The maximum absolute atomic E-state index is 13.8. The molecule has 0 amide bonds. The van der Waals surface area contributed by atoms with Crippen molar-refractivity contribution in [3.05, 3.63) is 35.4 Å². The number of rotatable bonds is 3. The highest BCUT2D eigenvalue weighted by Crippen LogP contribution is 2.32. The molecule has 2 nitrogen and oxygen atoms in total. The van der Waals surface area contributed by atoms with E-state index in [9.17, 15) is 13.6 Å². The zero-order valence-electron chi connectivity index (χ0n) is 10.6. The van der Waals surface area contributed by atoms with Crippen molar-refractivity contribution in [2.24, 2.45) is 5.92 Å². The van der Waals surface area contributed by atoms with Crippen LogP contribution < -0.4 is 0 Å². The molecule has 2 rings (SSSR count). The summed E-state index contributed by atoms with van der Waals surface area (Å²) in [5, 5.41) is 0. The highest BCUT2D eigenvalue weighted by Gasteiger charge is 2.33. The van der Waals surface area contributed by atoms with Crippen molar-refractivity contribution in [2.75, 3.05) is 13.1 Å². The van der Waals surface area contributed by atoms with Crippen LogP contribution in [-0.2, 0) is 4.79 Å². The highest BCUT2D eigenvalue weighted by molar-refractivity contribution is 5.83. The molecule has 0 spiro atoms. The van der Waals surface area contributed by atoms with Crippen molar-refractivity contribution in [3.8, 4) is 0 Å². The SMILES string of the molecule is CC(C)CN1CC(=O)CC1c1cc(F)ccc1F. The van der Waals surface area contributed by atoms with Gasteiger partial charge in [0.05, 0.1) is 6.54 Å². The molecule has 1 aromatic carbocycles. The molecule has 1 aliphatic rings. The Morgan fingerprint density at radius 2 is 2.11 bits per heavy atom. The molecule has 1 aromatic rings. The van der Waals surface area contributed by atoms with Crippen LogP contribution >= 0.6 is 0 Å². The normalized spacial score (nSPS) is 20.9. The molecule has 1 saturated heterocycles. The molecule has 1 aliphatic heterocycles. The van der Waals surface area contributed by atoms with E-state index in [1.807, 2.05) is 18.7 Å². The summed E-state index contributed by atoms with van der Waals surface area (Å²) in [5.41, 5.74) is 0.293. The summed E-state index contributed by atoms with van der Waals surface area (Å²) in [6, 6.07) is 3.10. The maximum Gasteiger partial charge on any atom is 0.148 e. The zero-order chi connectivity index (χ0) is 13.3. The van der Waals surface area contributed by atoms with Gasteiger partial charge in [-0.15, -0.1) is 0 Å². The summed E-state index contributed by atoms with van der Waals surface area (Å²) in [7, 11) is 0. The quantitative estimate of drug-likeness (QED) is 0.825. The van der Waals surface area contributed by atoms with E-state index in [2.05, 4.69) is 0 Å². The van der Waals surface area contributed by atoms with Crippen molar-refractivity contribution in [1.29, 1.82) is 0 Å². The van der Waals surface area contributed by atoms with E-state index < -0.39 is 11.6 Å². The van der Waals surface area contributed by atoms with Crippen LogP contribution in [0.5, 0.6) is 0 Å². The Morgan fingerprint density at radius 1 is 1.39 bits per heavy atom. The fourth-order valence-corrected chi connectivity index (χ4v) is 2.48. The Hall–Kier alpha value is -1.29. The second-order valence-corrected chi connectivity index (χ2v) is 5.25. The maximum atomic E-state index is 13.8. The fraction of sp³-hybridized carbons (Fsp3) is 0.500. The van der Waals surface area contributed by atoms with Crippen LogP contribution in [0.25, 0.3) is 0 Å². The van der Waals surface area contributed by atoms with E-state index in [1.165, 1.54) is 6.07 Å². The zero-order valence-corrected chi connectivity index (χ0v) is 10.6. The summed E-state index contributed by atoms with van der Waals surface area (Å²) < 4.78 is 27.0. The number of likely N-dealkylation sites (tertiary alicyclic amines) is 1. The van der Waals surface area contributed by atoms with E-state index in [-0.39, 0.29) is 18.2 Å². The number of Topliss-reactive ketones (excluding diaryl/α,β-unsaturated/α-hetero) is 1. The minimum absolute atomic E-state index is 0.0873. The predicted molar refractivity (Wildman–Crippen MR) is 65.1 cm³/mol. The standard InChI is InChI=1S/C14H17F2NO/c1-9(2)7-17-8-11(18)6-14(17)12-5-10(15)3-4-13(12)16/h3-5,9,14H,6-8H2,1-2H3. The van der Waals surface area contributed by atoms with Gasteiger partial charge in [0.1, 0.15) is 17.4 Å². The first-order valence-electron chi connectivity index (χ1n) is 6.18. The molecule has 1 heterocycles. The van der Waals surface area contributed by atoms with Crippen LogP contribution in [0, 0.1) is 17.6 Å². The van der Waals surface area contributed by atoms with Gasteiger partial charge in [-0.05, 0) is 24.1 Å². The van der Waals surface area contributed by atoms with E-state index in [4.69, 9.17) is 0 Å². The van der Waals surface area contributed by atoms with Crippen LogP contribution in [-0.4, -0.2) is 23.8 Å². The van der Waals surface area contributed by atoms with Crippen molar-refractivity contribution < 1.29 is 13.6 Å². The monoisotopic (exact) mass is 253 g/mol. The van der Waals surface area contributed by atoms with Gasteiger partial charge in [-0.1, -0.05) is 13.8 Å². The lowest BCUT2D eigenvalue weighted by Crippen LogP contribution is -2.28. The summed E-state index contributed by atoms with van der Waals surface area (Å²) in [4.78, 5) is 13.5. The van der Waals surface area contributed by atoms with Crippen LogP contribution in [0.1, 0.15) is 31.9 Å². The molecule has 0 radical (unpaired) electrons. The number of carbonyl (C=O) groups excluding carboxylic acids is 1. The van der Waals surface area contributed by atoms with Gasteiger partial charge in [0.2, 0.25) is 0 Å². The van der Waals surface area contributed by atoms with Crippen molar-refractivity contribution in [2.45, 2.75) is 26.3 Å². The Bertz CT molecular complexity index is 459. The molecule has 1 atom stereocenters. The first-order valence-corrected chi connectivity index (χ1v) is 6.18. The van der Waals surface area contributed by atoms with Gasteiger partial charge in [-0.25, -0.2) is 8.78 Å². The minimum atomic E-state index is -0.463. The number of hydrogen-bond acceptors (Lipinski definition) is 2. The first-order chi connectivity index (χ1) is 8.47. The van der Waals surface area contributed by atoms with Crippen molar-refractivity contribution in [3.63, 3.8) is 0 Å². The highest BCUT2D eigenvalue weighted by atomic mass is 19.1. The van der Waals surface area contributed by atoms with Crippen molar-refractivity contribution in [1.82, 2.24) is 4.90 Å². The third kappa shape index (κ3) is 2.75. The van der Waals surface area contributed by atoms with Crippen LogP contribution in [0.2, 0.25) is 0 Å². The van der Waals surface area contributed by atoms with Gasteiger partial charge in [0.25, 0.3) is 0 Å². The number of benzene rings is 1. The molecule has 0 aliphatic carbocycles. The van der Waals surface area contributed by atoms with E-state index in [1.54, 1.807) is 0 Å². The van der Waals surface area contributed by atoms with Crippen LogP contribution in [0.3, 0.4) is 0 Å². The summed E-state index contributed by atoms with van der Waals surface area (Å²) in [5.74, 6) is -0.431. The average Bonchev–Trinajstić information content (AvgIpc) is 2.62. The van der Waals surface area contributed by atoms with Gasteiger partial charge >= 0.3 is 0 Å². The largest absolute Gasteiger partial charge is 0.298 e. The van der Waals surface area contributed by atoms with Crippen LogP contribution in [0.4, 0.5) is 8.78 Å². The summed E-state index contributed by atoms with van der Waals surface area (Å²) in [6.07, 6.45) is 0.271. The van der Waals surface area contributed by atoms with Gasteiger partial charge in [0.15, 0.2) is 0 Å². The van der Waals surface area contributed by atoms with Gasteiger partial charge in [0, 0.05) is 24.6 Å². The molecule has 18 heavy (non-hydrogen) atoms. The Labute approximate surface area is 106 Å². The Balaban J connectivity index is 2.29. The van der Waals surface area contributed by atoms with Crippen molar-refractivity contribution >= 4 is 5.78 Å². The smallest absolute Gasteiger partial charge is 0.148 e. The molecule has 0 aromatic heterocycles. The average molecular weight is 253 g/mol.